The average Bonchev–Trinajstić information content (AvgIpc) is 3.38. The number of primary amides is 1. The normalized spacial score (nSPS) is 28.3. The molecule has 5 rings (SSSR count). The number of ether oxygens (including phenoxy) is 3. The highest BCUT2D eigenvalue weighted by atomic mass is 16.6. The number of rotatable bonds is 7. The van der Waals surface area contributed by atoms with Crippen molar-refractivity contribution in [3.63, 3.8) is 0 Å². The van der Waals surface area contributed by atoms with Crippen LogP contribution in [0.5, 0.6) is 5.75 Å². The summed E-state index contributed by atoms with van der Waals surface area (Å²) in [5, 5.41) is 0. The number of benzene rings is 1. The molecule has 7 nitrogen and oxygen atoms in total. The summed E-state index contributed by atoms with van der Waals surface area (Å²) in [5.41, 5.74) is 7.57. The third kappa shape index (κ3) is 5.51. The van der Waals surface area contributed by atoms with Gasteiger partial charge in [0.2, 0.25) is 0 Å². The number of nitrogens with zero attached hydrogens (tertiary/aromatic N) is 1. The van der Waals surface area contributed by atoms with Crippen molar-refractivity contribution in [1.82, 2.24) is 4.90 Å². The predicted molar refractivity (Wildman–Crippen MR) is 132 cm³/mol. The smallest absolute Gasteiger partial charge is 0.310 e. The molecule has 2 saturated heterocycles. The third-order valence-corrected chi connectivity index (χ3v) is 8.87. The first-order valence-corrected chi connectivity index (χ1v) is 13.6. The number of esters is 1. The van der Waals surface area contributed by atoms with E-state index in [0.29, 0.717) is 50.7 Å². The molecule has 35 heavy (non-hydrogen) atoms. The lowest BCUT2D eigenvalue weighted by molar-refractivity contribution is -0.178. The molecular formula is C28H40N2O5. The van der Waals surface area contributed by atoms with Crippen LogP contribution in [0.1, 0.15) is 74.8 Å². The first-order valence-electron chi connectivity index (χ1n) is 13.6. The van der Waals surface area contributed by atoms with E-state index < -0.39 is 11.5 Å². The lowest BCUT2D eigenvalue weighted by Gasteiger charge is -2.39. The number of piperidine rings is 1. The maximum absolute atomic E-state index is 12.7. The largest absolute Gasteiger partial charge is 0.493 e. The summed E-state index contributed by atoms with van der Waals surface area (Å²) in [5.74, 6) is 1.34. The molecule has 0 bridgehead atoms. The number of fused-ring (bicyclic) bond motifs is 1. The zero-order chi connectivity index (χ0) is 24.3. The molecule has 0 aromatic heterocycles. The van der Waals surface area contributed by atoms with E-state index in [0.717, 1.165) is 57.7 Å². The fourth-order valence-corrected chi connectivity index (χ4v) is 6.50. The molecule has 3 aliphatic heterocycles. The van der Waals surface area contributed by atoms with Crippen molar-refractivity contribution >= 4 is 11.9 Å². The highest BCUT2D eigenvalue weighted by molar-refractivity contribution is 5.87. The Morgan fingerprint density at radius 3 is 2.49 bits per heavy atom. The van der Waals surface area contributed by atoms with E-state index >= 15 is 0 Å². The summed E-state index contributed by atoms with van der Waals surface area (Å²) >= 11 is 0. The molecular weight excluding hydrogens is 444 g/mol. The Morgan fingerprint density at radius 1 is 1.03 bits per heavy atom. The molecule has 1 aromatic carbocycles. The molecule has 4 aliphatic rings. The second-order valence-electron chi connectivity index (χ2n) is 10.9. The lowest BCUT2D eigenvalue weighted by Crippen LogP contribution is -2.51. The second-order valence-corrected chi connectivity index (χ2v) is 10.9. The van der Waals surface area contributed by atoms with E-state index in [9.17, 15) is 9.59 Å². The van der Waals surface area contributed by atoms with Crippen LogP contribution >= 0.6 is 0 Å². The summed E-state index contributed by atoms with van der Waals surface area (Å²) in [6, 6.07) is 6.54. The van der Waals surface area contributed by atoms with Crippen molar-refractivity contribution in [2.24, 2.45) is 17.6 Å². The van der Waals surface area contributed by atoms with Crippen LogP contribution in [-0.4, -0.2) is 61.8 Å². The van der Waals surface area contributed by atoms with E-state index in [-0.39, 0.29) is 11.9 Å². The summed E-state index contributed by atoms with van der Waals surface area (Å²) in [6.45, 7) is 5.33. The number of carbonyl (C=O) groups is 2. The first kappa shape index (κ1) is 24.6. The Kier molecular flexibility index (Phi) is 7.63. The number of carbonyl (C=O) groups excluding carboxylic acids is 2. The zero-order valence-corrected chi connectivity index (χ0v) is 20.8. The van der Waals surface area contributed by atoms with Crippen LogP contribution in [0.3, 0.4) is 0 Å². The van der Waals surface area contributed by atoms with Gasteiger partial charge in [-0.3, -0.25) is 9.59 Å². The second kappa shape index (κ2) is 10.9. The van der Waals surface area contributed by atoms with Gasteiger partial charge in [-0.1, -0.05) is 12.1 Å². The fraction of sp³-hybridized carbons (Fsp3) is 0.714. The van der Waals surface area contributed by atoms with Crippen LogP contribution in [-0.2, 0) is 25.5 Å². The van der Waals surface area contributed by atoms with Gasteiger partial charge in [-0.2, -0.15) is 0 Å². The molecule has 0 atom stereocenters. The van der Waals surface area contributed by atoms with Crippen molar-refractivity contribution in [3.8, 4) is 5.75 Å². The number of nitrogens with two attached hydrogens (primary N) is 1. The Hall–Kier alpha value is -2.12. The van der Waals surface area contributed by atoms with E-state index in [1.807, 2.05) is 0 Å². The summed E-state index contributed by atoms with van der Waals surface area (Å²) in [6.07, 6.45) is 8.76. The van der Waals surface area contributed by atoms with E-state index in [1.54, 1.807) is 0 Å². The molecule has 1 amide bonds. The van der Waals surface area contributed by atoms with Gasteiger partial charge in [0.15, 0.2) is 5.60 Å². The molecule has 192 valence electrons. The van der Waals surface area contributed by atoms with Gasteiger partial charge in [0.05, 0.1) is 12.5 Å². The molecule has 7 heteroatoms. The summed E-state index contributed by atoms with van der Waals surface area (Å²) < 4.78 is 16.9. The van der Waals surface area contributed by atoms with Gasteiger partial charge in [0, 0.05) is 25.2 Å². The van der Waals surface area contributed by atoms with E-state index in [2.05, 4.69) is 23.1 Å². The minimum Gasteiger partial charge on any atom is -0.493 e. The van der Waals surface area contributed by atoms with Gasteiger partial charge in [-0.15, -0.1) is 0 Å². The number of hydrogen-bond acceptors (Lipinski definition) is 6. The van der Waals surface area contributed by atoms with Crippen LogP contribution < -0.4 is 10.5 Å². The minimum atomic E-state index is -1.12. The maximum atomic E-state index is 12.7. The molecule has 0 radical (unpaired) electrons. The van der Waals surface area contributed by atoms with Gasteiger partial charge < -0.3 is 24.8 Å². The topological polar surface area (TPSA) is 91.1 Å². The molecule has 3 fully saturated rings. The van der Waals surface area contributed by atoms with Crippen LogP contribution in [0.15, 0.2) is 18.2 Å². The number of amides is 1. The molecule has 3 heterocycles. The standard InChI is InChI=1S/C28H40N2O5/c29-27(32)28(35-26(31)22-9-17-33-18-10-22)12-4-20(5-13-28)6-14-30-15-7-21(8-16-30)23-2-1-3-25-24(23)11-19-34-25/h1-3,20-22H,4-19H2,(H2,29,32). The van der Waals surface area contributed by atoms with E-state index in [4.69, 9.17) is 19.9 Å². The highest BCUT2D eigenvalue weighted by Crippen LogP contribution is 2.39. The number of likely N-dealkylation sites (tertiary alicyclic amines) is 1. The van der Waals surface area contributed by atoms with Gasteiger partial charge >= 0.3 is 5.97 Å². The van der Waals surface area contributed by atoms with Crippen molar-refractivity contribution in [2.75, 3.05) is 39.5 Å². The molecule has 0 unspecified atom stereocenters. The van der Waals surface area contributed by atoms with Crippen molar-refractivity contribution in [1.29, 1.82) is 0 Å². The predicted octanol–water partition coefficient (Wildman–Crippen LogP) is 3.58. The van der Waals surface area contributed by atoms with Gasteiger partial charge in [-0.05, 0) is 101 Å². The Morgan fingerprint density at radius 2 is 1.77 bits per heavy atom. The van der Waals surface area contributed by atoms with Crippen LogP contribution in [0.25, 0.3) is 0 Å². The quantitative estimate of drug-likeness (QED) is 0.595. The molecule has 2 N–H and O–H groups in total. The third-order valence-electron chi connectivity index (χ3n) is 8.87. The lowest BCUT2D eigenvalue weighted by atomic mass is 9.76. The van der Waals surface area contributed by atoms with Gasteiger partial charge in [-0.25, -0.2) is 0 Å². The van der Waals surface area contributed by atoms with E-state index in [1.165, 1.54) is 24.0 Å². The van der Waals surface area contributed by atoms with Crippen molar-refractivity contribution < 1.29 is 23.8 Å². The molecule has 1 saturated carbocycles. The number of hydrogen-bond donors (Lipinski definition) is 1. The van der Waals surface area contributed by atoms with Gasteiger partial charge in [0.25, 0.3) is 5.91 Å². The SMILES string of the molecule is NC(=O)C1(OC(=O)C2CCOCC2)CCC(CCN2CCC(c3cccc4c3CCO4)CC2)CC1. The van der Waals surface area contributed by atoms with Gasteiger partial charge in [0.1, 0.15) is 5.75 Å². The molecule has 1 aliphatic carbocycles. The Balaban J connectivity index is 1.07. The van der Waals surface area contributed by atoms with Crippen LogP contribution in [0.4, 0.5) is 0 Å². The summed E-state index contributed by atoms with van der Waals surface area (Å²) in [7, 11) is 0. The first-order chi connectivity index (χ1) is 17.0. The highest BCUT2D eigenvalue weighted by Gasteiger charge is 2.45. The van der Waals surface area contributed by atoms with Crippen molar-refractivity contribution in [3.05, 3.63) is 29.3 Å². The van der Waals surface area contributed by atoms with Crippen LogP contribution in [0, 0.1) is 11.8 Å². The fourth-order valence-electron chi connectivity index (χ4n) is 6.50. The summed E-state index contributed by atoms with van der Waals surface area (Å²) in [4.78, 5) is 27.6. The zero-order valence-electron chi connectivity index (χ0n) is 20.8. The maximum Gasteiger partial charge on any atom is 0.310 e. The monoisotopic (exact) mass is 484 g/mol. The molecule has 1 aromatic rings. The Labute approximate surface area is 208 Å². The van der Waals surface area contributed by atoms with Crippen molar-refractivity contribution in [2.45, 2.75) is 75.7 Å². The van der Waals surface area contributed by atoms with Crippen LogP contribution in [0.2, 0.25) is 0 Å². The Bertz CT molecular complexity index is 897. The molecule has 0 spiro atoms. The average molecular weight is 485 g/mol. The minimum absolute atomic E-state index is 0.176.